The second-order valence-corrected chi connectivity index (χ2v) is 31.0. The van der Waals surface area contributed by atoms with E-state index in [4.69, 9.17) is 37.9 Å². The number of fused-ring (bicyclic) bond motifs is 6. The lowest BCUT2D eigenvalue weighted by Gasteiger charge is -2.27. The second kappa shape index (κ2) is 48.4. The summed E-state index contributed by atoms with van der Waals surface area (Å²) in [5.41, 5.74) is 10.5. The van der Waals surface area contributed by atoms with Crippen molar-refractivity contribution in [3.63, 3.8) is 0 Å². The average Bonchev–Trinajstić information content (AvgIpc) is 1.63. The van der Waals surface area contributed by atoms with Crippen molar-refractivity contribution in [1.82, 2.24) is 0 Å². The van der Waals surface area contributed by atoms with E-state index in [0.29, 0.717) is 54.6 Å². The molecule has 0 radical (unpaired) electrons. The second-order valence-electron chi connectivity index (χ2n) is 31.0. The summed E-state index contributed by atoms with van der Waals surface area (Å²) >= 11 is 0. The number of hydrogen-bond donors (Lipinski definition) is 0. The molecule has 0 aliphatic heterocycles. The van der Waals surface area contributed by atoms with Crippen molar-refractivity contribution in [3.05, 3.63) is 119 Å². The molecule has 0 aromatic heterocycles. The van der Waals surface area contributed by atoms with Crippen LogP contribution in [0.4, 0.5) is 0 Å². The van der Waals surface area contributed by atoms with Crippen LogP contribution in [0.25, 0.3) is 22.3 Å². The maximum Gasteiger partial charge on any atom is 0.109 e. The molecule has 10 rings (SSSR count). The normalized spacial score (nSPS) is 19.1. The number of rotatable bonds is 18. The Kier molecular flexibility index (Phi) is 43.7. The van der Waals surface area contributed by atoms with Crippen molar-refractivity contribution in [2.24, 2.45) is 35.5 Å². The van der Waals surface area contributed by atoms with Crippen LogP contribution in [-0.2, 0) is 37.9 Å². The molecule has 0 saturated heterocycles. The molecular weight excluding hydrogens is 1180 g/mol. The van der Waals surface area contributed by atoms with Gasteiger partial charge in [-0.15, -0.1) is 0 Å². The minimum Gasteiger partial charge on any atom is -0.381 e. The zero-order chi connectivity index (χ0) is 71.2. The largest absolute Gasteiger partial charge is 0.381 e. The summed E-state index contributed by atoms with van der Waals surface area (Å²) < 4.78 is 44.7. The molecule has 0 bridgehead atoms. The standard InChI is InChI=1S/C17H18O.C16H16O.C11H22O.C10H20O.C9H18O.C9H20O.C8H16O.C8H18O/c1-3-12(2)18-17-15-10-6-4-8-13(15)14-9-5-7-11-16(14)17;1-11(2)17-16-14-9-5-3-7-12(14)13-8-4-6-10-15(13)16;1-10(12-2)11-8-6-4-3-5-7-9-11;1-9(11-2)10-7-5-3-4-6-8-10;1-8(10-2)9-6-4-3-5-7-9;1-7(2)8(3)10-9(4,5)6;1-7(9-2)8-5-3-4-6-8;1-6(2)8(5)9-7(3)4/h4-12,17H,3H2,1-2H3;3-11,16H,1-2H3;10-11H,3-9H2,1-2H3;9-10H,3-8H2,1-2H3;8-9H,3-7H2,1-2H3;7-8H,1-6H3;7-8H,3-6H2,1-2H3;6-8H,1-5H3. The summed E-state index contributed by atoms with van der Waals surface area (Å²) in [4.78, 5) is 0. The molecular formula is C88H148O8. The Labute approximate surface area is 592 Å². The molecule has 0 spiro atoms. The first-order chi connectivity index (χ1) is 45.8. The van der Waals surface area contributed by atoms with Crippen molar-refractivity contribution in [2.75, 3.05) is 28.4 Å². The monoisotopic (exact) mass is 1330 g/mol. The van der Waals surface area contributed by atoms with Crippen LogP contribution in [0.1, 0.15) is 314 Å². The van der Waals surface area contributed by atoms with Crippen LogP contribution in [-0.4, -0.2) is 89.0 Å². The fourth-order valence-electron chi connectivity index (χ4n) is 13.9. The van der Waals surface area contributed by atoms with Crippen molar-refractivity contribution < 1.29 is 37.9 Å². The summed E-state index contributed by atoms with van der Waals surface area (Å²) in [6, 6.07) is 34.2. The first-order valence-electron chi connectivity index (χ1n) is 38.9. The highest BCUT2D eigenvalue weighted by atomic mass is 16.5. The topological polar surface area (TPSA) is 73.8 Å². The third-order valence-electron chi connectivity index (χ3n) is 21.1. The molecule has 6 aliphatic carbocycles. The molecule has 4 fully saturated rings. The summed E-state index contributed by atoms with van der Waals surface area (Å²) in [5.74, 6) is 4.61. The van der Waals surface area contributed by atoms with Gasteiger partial charge in [0.15, 0.2) is 0 Å². The van der Waals surface area contributed by atoms with E-state index in [-0.39, 0.29) is 30.0 Å². The molecule has 0 heterocycles. The Balaban J connectivity index is 0.000000290. The van der Waals surface area contributed by atoms with Crippen LogP contribution in [0, 0.1) is 35.5 Å². The van der Waals surface area contributed by atoms with E-state index in [2.05, 4.69) is 229 Å². The van der Waals surface area contributed by atoms with Gasteiger partial charge in [-0.3, -0.25) is 0 Å². The van der Waals surface area contributed by atoms with E-state index in [1.54, 1.807) is 0 Å². The van der Waals surface area contributed by atoms with Gasteiger partial charge in [-0.2, -0.15) is 0 Å². The highest BCUT2D eigenvalue weighted by Gasteiger charge is 2.31. The van der Waals surface area contributed by atoms with E-state index in [0.717, 1.165) is 30.1 Å². The molecule has 4 aromatic rings. The van der Waals surface area contributed by atoms with E-state index < -0.39 is 0 Å². The van der Waals surface area contributed by atoms with Crippen molar-refractivity contribution >= 4 is 0 Å². The SMILES string of the molecule is CC(C)C(C)OC(C)(C)C.CC(C)OC(C)C(C)C.CC(C)OC1c2ccccc2-c2ccccc21.CCC(C)OC1c2ccccc2-c2ccccc21.COC(C)C1CCCC1.COC(C)C1CCCCC1.COC(C)C1CCCCCC1.COC(C)C1CCCCCCC1. The fraction of sp³-hybridized carbons (Fsp3) is 0.727. The zero-order valence-electron chi connectivity index (χ0n) is 66.1. The van der Waals surface area contributed by atoms with E-state index in [9.17, 15) is 0 Å². The summed E-state index contributed by atoms with van der Waals surface area (Å²) in [7, 11) is 7.29. The van der Waals surface area contributed by atoms with E-state index in [1.165, 1.54) is 186 Å². The predicted molar refractivity (Wildman–Crippen MR) is 412 cm³/mol. The summed E-state index contributed by atoms with van der Waals surface area (Å²) in [6.07, 6.45) is 35.9. The molecule has 6 aliphatic rings. The molecule has 4 saturated carbocycles. The minimum absolute atomic E-state index is 0.00366. The Morgan fingerprint density at radius 3 is 0.802 bits per heavy atom. The van der Waals surface area contributed by atoms with Crippen LogP contribution < -0.4 is 0 Å². The lowest BCUT2D eigenvalue weighted by atomic mass is 9.86. The molecule has 96 heavy (non-hydrogen) atoms. The highest BCUT2D eigenvalue weighted by molar-refractivity contribution is 5.79. The van der Waals surface area contributed by atoms with Gasteiger partial charge in [-0.05, 0) is 235 Å². The lowest BCUT2D eigenvalue weighted by molar-refractivity contribution is -0.0698. The Morgan fingerprint density at radius 2 is 0.583 bits per heavy atom. The maximum absolute atomic E-state index is 6.21. The van der Waals surface area contributed by atoms with Crippen LogP contribution in [0.2, 0.25) is 0 Å². The van der Waals surface area contributed by atoms with Gasteiger partial charge in [0.05, 0.1) is 60.5 Å². The van der Waals surface area contributed by atoms with Gasteiger partial charge in [0.1, 0.15) is 12.2 Å². The van der Waals surface area contributed by atoms with Crippen LogP contribution >= 0.6 is 0 Å². The molecule has 548 valence electrons. The van der Waals surface area contributed by atoms with Crippen molar-refractivity contribution in [3.8, 4) is 22.3 Å². The number of hydrogen-bond acceptors (Lipinski definition) is 8. The highest BCUT2D eigenvalue weighted by Crippen LogP contribution is 2.47. The molecule has 4 aromatic carbocycles. The molecule has 7 atom stereocenters. The third kappa shape index (κ3) is 32.5. The molecule has 7 unspecified atom stereocenters. The number of methoxy groups -OCH3 is 4. The average molecular weight is 1330 g/mol. The Bertz CT molecular complexity index is 2450. The molecule has 0 N–H and O–H groups in total. The van der Waals surface area contributed by atoms with E-state index >= 15 is 0 Å². The minimum atomic E-state index is 0.00366. The van der Waals surface area contributed by atoms with Gasteiger partial charge in [0.25, 0.3) is 0 Å². The number of benzene rings is 4. The van der Waals surface area contributed by atoms with Gasteiger partial charge >= 0.3 is 0 Å². The van der Waals surface area contributed by atoms with Gasteiger partial charge < -0.3 is 37.9 Å². The van der Waals surface area contributed by atoms with E-state index in [1.807, 2.05) is 28.4 Å². The Hall–Kier alpha value is -3.44. The van der Waals surface area contributed by atoms with Gasteiger partial charge in [0, 0.05) is 28.4 Å². The van der Waals surface area contributed by atoms with Gasteiger partial charge in [-0.25, -0.2) is 0 Å². The smallest absolute Gasteiger partial charge is 0.109 e. The van der Waals surface area contributed by atoms with Gasteiger partial charge in [0.2, 0.25) is 0 Å². The number of ether oxygens (including phenoxy) is 8. The van der Waals surface area contributed by atoms with Gasteiger partial charge in [-0.1, -0.05) is 222 Å². The quantitative estimate of drug-likeness (QED) is 0.0913. The molecule has 0 amide bonds. The maximum atomic E-state index is 6.21. The molecule has 8 nitrogen and oxygen atoms in total. The van der Waals surface area contributed by atoms with Crippen LogP contribution in [0.5, 0.6) is 0 Å². The summed E-state index contributed by atoms with van der Waals surface area (Å²) in [5, 5.41) is 0. The van der Waals surface area contributed by atoms with Crippen molar-refractivity contribution in [2.45, 2.75) is 352 Å². The zero-order valence-corrected chi connectivity index (χ0v) is 66.1. The first-order valence-corrected chi connectivity index (χ1v) is 38.9. The molecule has 8 heteroatoms. The van der Waals surface area contributed by atoms with Crippen LogP contribution in [0.15, 0.2) is 97.1 Å². The third-order valence-corrected chi connectivity index (χ3v) is 21.1. The fourth-order valence-corrected chi connectivity index (χ4v) is 13.9. The lowest BCUT2D eigenvalue weighted by Crippen LogP contribution is -2.28. The Morgan fingerprint density at radius 1 is 0.333 bits per heavy atom. The summed E-state index contributed by atoms with van der Waals surface area (Å²) in [6.45, 7) is 40.6. The first kappa shape index (κ1) is 86.8. The van der Waals surface area contributed by atoms with Crippen molar-refractivity contribution in [1.29, 1.82) is 0 Å². The van der Waals surface area contributed by atoms with Crippen LogP contribution in [0.3, 0.4) is 0 Å². The predicted octanol–water partition coefficient (Wildman–Crippen LogP) is 25.2.